The average molecular weight is 347 g/mol. The van der Waals surface area contributed by atoms with Gasteiger partial charge in [-0.05, 0) is 31.5 Å². The molecule has 0 radical (unpaired) electrons. The molecule has 1 aromatic rings. The normalized spacial score (nSPS) is 19.8. The Balaban J connectivity index is 1.61. The van der Waals surface area contributed by atoms with E-state index in [9.17, 15) is 14.4 Å². The van der Waals surface area contributed by atoms with E-state index in [-0.39, 0.29) is 41.9 Å². The van der Waals surface area contributed by atoms with Gasteiger partial charge in [0, 0.05) is 13.1 Å². The lowest BCUT2D eigenvalue weighted by Crippen LogP contribution is -2.43. The Hall–Kier alpha value is -1.86. The number of amides is 3. The van der Waals surface area contributed by atoms with Crippen LogP contribution in [0.15, 0.2) is 30.3 Å². The third kappa shape index (κ3) is 3.79. The summed E-state index contributed by atoms with van der Waals surface area (Å²) in [5.74, 6) is -0.0547. The highest BCUT2D eigenvalue weighted by Gasteiger charge is 2.31. The van der Waals surface area contributed by atoms with Crippen LogP contribution in [0.25, 0.3) is 0 Å². The van der Waals surface area contributed by atoms with Crippen LogP contribution in [-0.4, -0.2) is 58.8 Å². The third-order valence-corrected chi connectivity index (χ3v) is 5.20. The van der Waals surface area contributed by atoms with Crippen molar-refractivity contribution in [2.24, 2.45) is 0 Å². The standard InChI is InChI=1S/C17H21N3O3S/c21-14-12-24-17(23)20(14)11-8-18-16(22)15(19-9-4-5-10-19)13-6-2-1-3-7-13/h1-3,6-7,15H,4-5,8-12H2,(H,18,22). The van der Waals surface area contributed by atoms with Crippen LogP contribution in [0.4, 0.5) is 4.79 Å². The number of imide groups is 1. The van der Waals surface area contributed by atoms with E-state index < -0.39 is 0 Å². The Bertz CT molecular complexity index is 601. The molecule has 6 nitrogen and oxygen atoms in total. The second-order valence-electron chi connectivity index (χ2n) is 5.95. The largest absolute Gasteiger partial charge is 0.353 e. The van der Waals surface area contributed by atoms with E-state index in [0.717, 1.165) is 43.3 Å². The number of likely N-dealkylation sites (tertiary alicyclic amines) is 1. The van der Waals surface area contributed by atoms with Gasteiger partial charge in [0.05, 0.1) is 5.75 Å². The number of nitrogens with zero attached hydrogens (tertiary/aromatic N) is 2. The molecular weight excluding hydrogens is 326 g/mol. The molecule has 128 valence electrons. The van der Waals surface area contributed by atoms with E-state index in [4.69, 9.17) is 0 Å². The van der Waals surface area contributed by atoms with Gasteiger partial charge in [-0.1, -0.05) is 42.1 Å². The van der Waals surface area contributed by atoms with E-state index in [2.05, 4.69) is 10.2 Å². The van der Waals surface area contributed by atoms with Crippen LogP contribution in [-0.2, 0) is 9.59 Å². The second kappa shape index (κ2) is 7.81. The number of thioether (sulfide) groups is 1. The van der Waals surface area contributed by atoms with Crippen LogP contribution in [0.2, 0.25) is 0 Å². The summed E-state index contributed by atoms with van der Waals surface area (Å²) in [6.45, 7) is 2.34. The number of carbonyl (C=O) groups is 3. The number of hydrogen-bond donors (Lipinski definition) is 1. The van der Waals surface area contributed by atoms with Gasteiger partial charge in [-0.2, -0.15) is 0 Å². The first kappa shape index (κ1) is 17.0. The van der Waals surface area contributed by atoms with Gasteiger partial charge in [0.15, 0.2) is 0 Å². The van der Waals surface area contributed by atoms with E-state index in [0.29, 0.717) is 0 Å². The maximum atomic E-state index is 12.7. The Kier molecular flexibility index (Phi) is 5.52. The summed E-state index contributed by atoms with van der Waals surface area (Å²) in [7, 11) is 0. The first-order chi connectivity index (χ1) is 11.7. The minimum absolute atomic E-state index is 0.0742. The van der Waals surface area contributed by atoms with Crippen molar-refractivity contribution >= 4 is 28.8 Å². The first-order valence-corrected chi connectivity index (χ1v) is 9.19. The molecule has 1 atom stereocenters. The van der Waals surface area contributed by atoms with Crippen molar-refractivity contribution in [2.45, 2.75) is 18.9 Å². The zero-order chi connectivity index (χ0) is 16.9. The molecule has 3 amide bonds. The van der Waals surface area contributed by atoms with Crippen molar-refractivity contribution in [2.75, 3.05) is 31.9 Å². The molecule has 0 bridgehead atoms. The number of nitrogens with one attached hydrogen (secondary N) is 1. The van der Waals surface area contributed by atoms with Crippen LogP contribution in [0.1, 0.15) is 24.4 Å². The van der Waals surface area contributed by atoms with Gasteiger partial charge < -0.3 is 5.32 Å². The molecule has 3 rings (SSSR count). The summed E-state index contributed by atoms with van der Waals surface area (Å²) >= 11 is 1.01. The molecule has 2 aliphatic heterocycles. The predicted octanol–water partition coefficient (Wildman–Crippen LogP) is 1.64. The number of benzene rings is 1. The number of rotatable bonds is 6. The zero-order valence-corrected chi connectivity index (χ0v) is 14.3. The van der Waals surface area contributed by atoms with Crippen molar-refractivity contribution in [1.82, 2.24) is 15.1 Å². The minimum atomic E-state index is -0.312. The van der Waals surface area contributed by atoms with Crippen LogP contribution in [0.5, 0.6) is 0 Å². The fraction of sp³-hybridized carbons (Fsp3) is 0.471. The quantitative estimate of drug-likeness (QED) is 0.847. The van der Waals surface area contributed by atoms with Crippen molar-refractivity contribution < 1.29 is 14.4 Å². The smallest absolute Gasteiger partial charge is 0.288 e. The Labute approximate surface area is 145 Å². The van der Waals surface area contributed by atoms with Crippen molar-refractivity contribution in [3.05, 3.63) is 35.9 Å². The van der Waals surface area contributed by atoms with Crippen LogP contribution in [0.3, 0.4) is 0 Å². The Morgan fingerprint density at radius 3 is 2.50 bits per heavy atom. The number of hydrogen-bond acceptors (Lipinski definition) is 5. The van der Waals surface area contributed by atoms with Gasteiger partial charge in [-0.15, -0.1) is 0 Å². The summed E-state index contributed by atoms with van der Waals surface area (Å²) in [4.78, 5) is 39.3. The number of carbonyl (C=O) groups excluding carboxylic acids is 3. The molecule has 1 unspecified atom stereocenters. The lowest BCUT2D eigenvalue weighted by molar-refractivity contribution is -0.128. The van der Waals surface area contributed by atoms with Crippen molar-refractivity contribution in [3.8, 4) is 0 Å². The van der Waals surface area contributed by atoms with Crippen LogP contribution >= 0.6 is 11.8 Å². The van der Waals surface area contributed by atoms with Crippen LogP contribution in [0, 0.1) is 0 Å². The lowest BCUT2D eigenvalue weighted by atomic mass is 10.0. The van der Waals surface area contributed by atoms with Gasteiger partial charge >= 0.3 is 0 Å². The predicted molar refractivity (Wildman–Crippen MR) is 92.6 cm³/mol. The highest BCUT2D eigenvalue weighted by molar-refractivity contribution is 8.14. The molecule has 2 saturated heterocycles. The summed E-state index contributed by atoms with van der Waals surface area (Å²) in [5, 5.41) is 2.66. The molecular formula is C17H21N3O3S. The Morgan fingerprint density at radius 1 is 1.17 bits per heavy atom. The second-order valence-corrected chi connectivity index (χ2v) is 6.87. The van der Waals surface area contributed by atoms with E-state index in [1.807, 2.05) is 30.3 Å². The molecule has 0 saturated carbocycles. The van der Waals surface area contributed by atoms with E-state index >= 15 is 0 Å². The molecule has 2 heterocycles. The van der Waals surface area contributed by atoms with E-state index in [1.165, 1.54) is 4.90 Å². The van der Waals surface area contributed by atoms with Crippen LogP contribution < -0.4 is 5.32 Å². The Morgan fingerprint density at radius 2 is 1.88 bits per heavy atom. The molecule has 24 heavy (non-hydrogen) atoms. The maximum Gasteiger partial charge on any atom is 0.288 e. The molecule has 0 spiro atoms. The SMILES string of the molecule is O=C(NCCN1C(=O)CSC1=O)C(c1ccccc1)N1CCCC1. The van der Waals surface area contributed by atoms with Gasteiger partial charge in [-0.3, -0.25) is 24.2 Å². The molecule has 7 heteroatoms. The molecule has 1 N–H and O–H groups in total. The fourth-order valence-corrected chi connectivity index (χ4v) is 3.90. The van der Waals surface area contributed by atoms with Gasteiger partial charge in [0.25, 0.3) is 5.24 Å². The highest BCUT2D eigenvalue weighted by atomic mass is 32.2. The summed E-state index contributed by atoms with van der Waals surface area (Å²) in [6, 6.07) is 9.42. The first-order valence-electron chi connectivity index (χ1n) is 8.20. The molecule has 1 aromatic carbocycles. The fourth-order valence-electron chi connectivity index (χ4n) is 3.15. The lowest BCUT2D eigenvalue weighted by Gasteiger charge is -2.27. The summed E-state index contributed by atoms with van der Waals surface area (Å²) < 4.78 is 0. The van der Waals surface area contributed by atoms with E-state index in [1.54, 1.807) is 0 Å². The maximum absolute atomic E-state index is 12.7. The van der Waals surface area contributed by atoms with Crippen molar-refractivity contribution in [1.29, 1.82) is 0 Å². The van der Waals surface area contributed by atoms with Gasteiger partial charge in [0.2, 0.25) is 11.8 Å². The summed E-state index contributed by atoms with van der Waals surface area (Å²) in [6.07, 6.45) is 2.20. The average Bonchev–Trinajstić information content (AvgIpc) is 3.21. The monoisotopic (exact) mass is 347 g/mol. The van der Waals surface area contributed by atoms with Crippen molar-refractivity contribution in [3.63, 3.8) is 0 Å². The molecule has 0 aliphatic carbocycles. The zero-order valence-electron chi connectivity index (χ0n) is 13.4. The molecule has 0 aromatic heterocycles. The summed E-state index contributed by atoms with van der Waals surface area (Å²) in [5.41, 5.74) is 0.973. The third-order valence-electron chi connectivity index (χ3n) is 4.34. The van der Waals surface area contributed by atoms with Gasteiger partial charge in [-0.25, -0.2) is 0 Å². The minimum Gasteiger partial charge on any atom is -0.353 e. The van der Waals surface area contributed by atoms with Gasteiger partial charge in [0.1, 0.15) is 6.04 Å². The highest BCUT2D eigenvalue weighted by Crippen LogP contribution is 2.25. The molecule has 2 fully saturated rings. The molecule has 2 aliphatic rings. The topological polar surface area (TPSA) is 69.7 Å².